The lowest BCUT2D eigenvalue weighted by molar-refractivity contribution is 0.201. The number of hydrogen-bond acceptors (Lipinski definition) is 6. The topological polar surface area (TPSA) is 95.3 Å². The third-order valence-corrected chi connectivity index (χ3v) is 4.95. The zero-order chi connectivity index (χ0) is 22.5. The van der Waals surface area contributed by atoms with Gasteiger partial charge in [-0.2, -0.15) is 0 Å². The molecule has 0 spiro atoms. The molecular formula is C20H17BrF2N4O4. The Balaban J connectivity index is 1.76. The Hall–Kier alpha value is -3.34. The Bertz CT molecular complexity index is 1170. The van der Waals surface area contributed by atoms with E-state index >= 15 is 0 Å². The van der Waals surface area contributed by atoms with Gasteiger partial charge in [-0.05, 0) is 35.0 Å². The smallest absolute Gasteiger partial charge is 0.413 e. The maximum atomic E-state index is 13.8. The lowest BCUT2D eigenvalue weighted by Gasteiger charge is -2.14. The molecule has 0 unspecified atom stereocenters. The molecular weight excluding hydrogens is 478 g/mol. The molecule has 0 aliphatic carbocycles. The second-order valence-corrected chi connectivity index (χ2v) is 7.16. The van der Waals surface area contributed by atoms with Crippen LogP contribution < -0.4 is 20.3 Å². The van der Waals surface area contributed by atoms with Crippen LogP contribution in [0.4, 0.5) is 13.6 Å². The third kappa shape index (κ3) is 5.43. The standard InChI is InChI=1S/C20H17BrF2N4O4/c1-11-5-16(30-10-12-3-4-13(22)6-15(12)23)18(21)19(28)27(11)9-14-7-26-17(8-25-14)31-20(29)24-2/h3-8H,9-10H2,1-2H3,(H,24,29). The van der Waals surface area contributed by atoms with E-state index in [-0.39, 0.29) is 40.4 Å². The van der Waals surface area contributed by atoms with Gasteiger partial charge in [0.15, 0.2) is 0 Å². The van der Waals surface area contributed by atoms with E-state index in [4.69, 9.17) is 9.47 Å². The number of hydrogen-bond donors (Lipinski definition) is 1. The Morgan fingerprint density at radius 1 is 1.23 bits per heavy atom. The fourth-order valence-corrected chi connectivity index (χ4v) is 3.04. The number of benzene rings is 1. The van der Waals surface area contributed by atoms with E-state index in [1.54, 1.807) is 13.0 Å². The SMILES string of the molecule is CNC(=O)Oc1cnc(Cn2c(C)cc(OCc3ccc(F)cc3F)c(Br)c2=O)cn1. The minimum Gasteiger partial charge on any atom is -0.487 e. The Morgan fingerprint density at radius 3 is 2.65 bits per heavy atom. The van der Waals surface area contributed by atoms with Crippen molar-refractivity contribution in [1.82, 2.24) is 19.9 Å². The summed E-state index contributed by atoms with van der Waals surface area (Å²) in [6.45, 7) is 1.64. The number of ether oxygens (including phenoxy) is 2. The predicted molar refractivity (Wildman–Crippen MR) is 110 cm³/mol. The molecule has 0 saturated carbocycles. The number of aromatic nitrogens is 3. The molecule has 3 rings (SSSR count). The number of carbonyl (C=O) groups excluding carboxylic acids is 1. The minimum absolute atomic E-state index is 0.0186. The van der Waals surface area contributed by atoms with Crippen LogP contribution in [0.25, 0.3) is 0 Å². The molecule has 0 aliphatic heterocycles. The molecule has 2 heterocycles. The highest BCUT2D eigenvalue weighted by atomic mass is 79.9. The van der Waals surface area contributed by atoms with Crippen LogP contribution in [0.2, 0.25) is 0 Å². The molecule has 1 aromatic carbocycles. The van der Waals surface area contributed by atoms with Gasteiger partial charge in [-0.3, -0.25) is 9.78 Å². The first-order valence-electron chi connectivity index (χ1n) is 8.95. The van der Waals surface area contributed by atoms with Crippen molar-refractivity contribution in [3.05, 3.63) is 80.1 Å². The molecule has 1 N–H and O–H groups in total. The van der Waals surface area contributed by atoms with Crippen molar-refractivity contribution >= 4 is 22.0 Å². The quantitative estimate of drug-likeness (QED) is 0.564. The number of rotatable bonds is 6. The fraction of sp³-hybridized carbons (Fsp3) is 0.200. The number of pyridine rings is 1. The maximum Gasteiger partial charge on any atom is 0.413 e. The number of nitrogens with one attached hydrogen (secondary N) is 1. The highest BCUT2D eigenvalue weighted by Gasteiger charge is 2.14. The summed E-state index contributed by atoms with van der Waals surface area (Å²) in [6.07, 6.45) is 1.99. The van der Waals surface area contributed by atoms with E-state index in [0.29, 0.717) is 11.4 Å². The maximum absolute atomic E-state index is 13.8. The van der Waals surface area contributed by atoms with Gasteiger partial charge in [-0.15, -0.1) is 0 Å². The summed E-state index contributed by atoms with van der Waals surface area (Å²) in [5.74, 6) is -1.17. The summed E-state index contributed by atoms with van der Waals surface area (Å²) in [4.78, 5) is 32.1. The van der Waals surface area contributed by atoms with E-state index in [2.05, 4.69) is 31.2 Å². The normalized spacial score (nSPS) is 10.6. The predicted octanol–water partition coefficient (Wildman–Crippen LogP) is 3.33. The average molecular weight is 495 g/mol. The molecule has 0 bridgehead atoms. The van der Waals surface area contributed by atoms with Crippen LogP contribution in [0.5, 0.6) is 11.6 Å². The van der Waals surface area contributed by atoms with Gasteiger partial charge in [0.25, 0.3) is 5.56 Å². The average Bonchev–Trinajstić information content (AvgIpc) is 2.75. The largest absolute Gasteiger partial charge is 0.487 e. The van der Waals surface area contributed by atoms with Crippen LogP contribution in [0.15, 0.2) is 45.9 Å². The van der Waals surface area contributed by atoms with Gasteiger partial charge >= 0.3 is 6.09 Å². The molecule has 31 heavy (non-hydrogen) atoms. The molecule has 0 saturated heterocycles. The van der Waals surface area contributed by atoms with Gasteiger partial charge in [0.05, 0.1) is 24.6 Å². The van der Waals surface area contributed by atoms with E-state index in [1.165, 1.54) is 30.1 Å². The highest BCUT2D eigenvalue weighted by Crippen LogP contribution is 2.24. The molecule has 0 radical (unpaired) electrons. The van der Waals surface area contributed by atoms with Crippen molar-refractivity contribution in [1.29, 1.82) is 0 Å². The molecule has 11 heteroatoms. The summed E-state index contributed by atoms with van der Waals surface area (Å²) in [6, 6.07) is 4.79. The molecule has 0 fully saturated rings. The van der Waals surface area contributed by atoms with E-state index in [9.17, 15) is 18.4 Å². The number of carbonyl (C=O) groups is 1. The summed E-state index contributed by atoms with van der Waals surface area (Å²) in [7, 11) is 1.42. The molecule has 8 nitrogen and oxygen atoms in total. The Kier molecular flexibility index (Phi) is 6.95. The summed E-state index contributed by atoms with van der Waals surface area (Å²) in [5.41, 5.74) is 0.796. The van der Waals surface area contributed by atoms with Gasteiger partial charge in [-0.1, -0.05) is 0 Å². The second kappa shape index (κ2) is 9.65. The summed E-state index contributed by atoms with van der Waals surface area (Å²) in [5, 5.41) is 2.29. The number of nitrogens with zero attached hydrogens (tertiary/aromatic N) is 3. The lowest BCUT2D eigenvalue weighted by atomic mass is 10.2. The van der Waals surface area contributed by atoms with Crippen molar-refractivity contribution in [2.75, 3.05) is 7.05 Å². The third-order valence-electron chi connectivity index (χ3n) is 4.22. The molecule has 0 atom stereocenters. The van der Waals surface area contributed by atoms with Crippen LogP contribution in [0.1, 0.15) is 17.0 Å². The van der Waals surface area contributed by atoms with Crippen molar-refractivity contribution < 1.29 is 23.0 Å². The Labute approximate surface area is 184 Å². The summed E-state index contributed by atoms with van der Waals surface area (Å²) >= 11 is 3.22. The molecule has 1 amide bonds. The van der Waals surface area contributed by atoms with Crippen LogP contribution in [-0.2, 0) is 13.2 Å². The molecule has 3 aromatic rings. The van der Waals surface area contributed by atoms with Crippen LogP contribution in [-0.4, -0.2) is 27.7 Å². The Morgan fingerprint density at radius 2 is 2.00 bits per heavy atom. The first kappa shape index (κ1) is 22.3. The van der Waals surface area contributed by atoms with Crippen LogP contribution in [0.3, 0.4) is 0 Å². The van der Waals surface area contributed by atoms with Crippen molar-refractivity contribution in [2.24, 2.45) is 0 Å². The first-order chi connectivity index (χ1) is 14.8. The zero-order valence-electron chi connectivity index (χ0n) is 16.5. The van der Waals surface area contributed by atoms with Crippen molar-refractivity contribution in [3.63, 3.8) is 0 Å². The molecule has 2 aromatic heterocycles. The monoisotopic (exact) mass is 494 g/mol. The lowest BCUT2D eigenvalue weighted by Crippen LogP contribution is -2.25. The van der Waals surface area contributed by atoms with E-state index < -0.39 is 17.7 Å². The van der Waals surface area contributed by atoms with Gasteiger partial charge < -0.3 is 19.4 Å². The van der Waals surface area contributed by atoms with Crippen LogP contribution >= 0.6 is 15.9 Å². The number of aryl methyl sites for hydroxylation is 1. The van der Waals surface area contributed by atoms with Gasteiger partial charge in [0.1, 0.15) is 28.5 Å². The number of amides is 1. The highest BCUT2D eigenvalue weighted by molar-refractivity contribution is 9.10. The van der Waals surface area contributed by atoms with E-state index in [1.807, 2.05) is 0 Å². The first-order valence-corrected chi connectivity index (χ1v) is 9.75. The minimum atomic E-state index is -0.733. The second-order valence-electron chi connectivity index (χ2n) is 6.37. The van der Waals surface area contributed by atoms with Crippen molar-refractivity contribution in [3.8, 4) is 11.6 Å². The van der Waals surface area contributed by atoms with Crippen molar-refractivity contribution in [2.45, 2.75) is 20.1 Å². The van der Waals surface area contributed by atoms with E-state index in [0.717, 1.165) is 12.1 Å². The molecule has 162 valence electrons. The zero-order valence-corrected chi connectivity index (χ0v) is 18.1. The van der Waals surface area contributed by atoms with Crippen LogP contribution in [0, 0.1) is 18.6 Å². The summed E-state index contributed by atoms with van der Waals surface area (Å²) < 4.78 is 38.9. The molecule has 0 aliphatic rings. The van der Waals surface area contributed by atoms with Gasteiger partial charge in [0.2, 0.25) is 5.88 Å². The fourth-order valence-electron chi connectivity index (χ4n) is 2.60. The van der Waals surface area contributed by atoms with Gasteiger partial charge in [-0.25, -0.2) is 18.6 Å². The van der Waals surface area contributed by atoms with Gasteiger partial charge in [0, 0.05) is 30.4 Å². The number of halogens is 3.